The van der Waals surface area contributed by atoms with Crippen LogP contribution in [0.5, 0.6) is 11.5 Å². The van der Waals surface area contributed by atoms with Crippen molar-refractivity contribution in [3.8, 4) is 22.8 Å². The van der Waals surface area contributed by atoms with E-state index in [0.717, 1.165) is 5.56 Å². The van der Waals surface area contributed by atoms with E-state index in [1.54, 1.807) is 19.1 Å². The molecule has 2 heterocycles. The topological polar surface area (TPSA) is 73.6 Å². The first kappa shape index (κ1) is 17.4. The van der Waals surface area contributed by atoms with Crippen molar-refractivity contribution in [3.63, 3.8) is 0 Å². The number of amides is 1. The fourth-order valence-corrected chi connectivity index (χ4v) is 3.17. The fourth-order valence-electron chi connectivity index (χ4n) is 2.95. The summed E-state index contributed by atoms with van der Waals surface area (Å²) in [6.45, 7) is 3.10. The summed E-state index contributed by atoms with van der Waals surface area (Å²) in [5.74, 6) is 1.56. The van der Waals surface area contributed by atoms with Crippen LogP contribution in [0.25, 0.3) is 11.3 Å². The minimum Gasteiger partial charge on any atom is -0.486 e. The van der Waals surface area contributed by atoms with Crippen molar-refractivity contribution in [2.45, 2.75) is 13.5 Å². The molecule has 0 spiro atoms. The zero-order valence-corrected chi connectivity index (χ0v) is 15.4. The van der Waals surface area contributed by atoms with Crippen molar-refractivity contribution >= 4 is 17.5 Å². The van der Waals surface area contributed by atoms with E-state index in [2.05, 4.69) is 10.5 Å². The van der Waals surface area contributed by atoms with Gasteiger partial charge in [-0.3, -0.25) is 4.79 Å². The van der Waals surface area contributed by atoms with Gasteiger partial charge in [0.1, 0.15) is 30.2 Å². The number of hydrogen-bond donors (Lipinski definition) is 1. The Morgan fingerprint density at radius 1 is 1.15 bits per heavy atom. The lowest BCUT2D eigenvalue weighted by atomic mass is 10.1. The molecular weight excluding hydrogens is 368 g/mol. The smallest absolute Gasteiger partial charge is 0.257 e. The lowest BCUT2D eigenvalue weighted by molar-refractivity contribution is 0.0950. The predicted octanol–water partition coefficient (Wildman–Crippen LogP) is 4.00. The minimum atomic E-state index is -0.279. The van der Waals surface area contributed by atoms with Crippen LogP contribution < -0.4 is 14.8 Å². The van der Waals surface area contributed by atoms with Crippen LogP contribution in [0.1, 0.15) is 21.7 Å². The van der Waals surface area contributed by atoms with Crippen LogP contribution in [0.3, 0.4) is 0 Å². The van der Waals surface area contributed by atoms with Gasteiger partial charge in [-0.15, -0.1) is 0 Å². The van der Waals surface area contributed by atoms with Gasteiger partial charge in [-0.1, -0.05) is 41.0 Å². The molecule has 0 fully saturated rings. The molecule has 0 bridgehead atoms. The van der Waals surface area contributed by atoms with E-state index in [9.17, 15) is 4.79 Å². The number of aryl methyl sites for hydroxylation is 1. The molecule has 7 heteroatoms. The van der Waals surface area contributed by atoms with Gasteiger partial charge in [0.15, 0.2) is 11.5 Å². The number of rotatable bonds is 4. The van der Waals surface area contributed by atoms with Crippen LogP contribution in [-0.4, -0.2) is 24.3 Å². The van der Waals surface area contributed by atoms with Crippen LogP contribution in [0.4, 0.5) is 0 Å². The molecule has 6 nitrogen and oxygen atoms in total. The Balaban J connectivity index is 1.54. The van der Waals surface area contributed by atoms with Gasteiger partial charge >= 0.3 is 0 Å². The van der Waals surface area contributed by atoms with Crippen molar-refractivity contribution in [2.24, 2.45) is 0 Å². The van der Waals surface area contributed by atoms with E-state index in [0.29, 0.717) is 58.9 Å². The number of hydrogen-bond acceptors (Lipinski definition) is 5. The van der Waals surface area contributed by atoms with Gasteiger partial charge in [-0.05, 0) is 30.7 Å². The average Bonchev–Trinajstić information content (AvgIpc) is 3.07. The molecule has 0 radical (unpaired) electrons. The summed E-state index contributed by atoms with van der Waals surface area (Å²) in [6, 6.07) is 12.8. The van der Waals surface area contributed by atoms with Crippen molar-refractivity contribution < 1.29 is 18.8 Å². The maximum Gasteiger partial charge on any atom is 0.257 e. The van der Waals surface area contributed by atoms with Crippen LogP contribution >= 0.6 is 11.6 Å². The molecule has 1 aliphatic rings. The molecule has 0 saturated carbocycles. The normalized spacial score (nSPS) is 12.7. The lowest BCUT2D eigenvalue weighted by Gasteiger charge is -2.19. The Labute approximate surface area is 161 Å². The summed E-state index contributed by atoms with van der Waals surface area (Å²) in [5, 5.41) is 7.43. The van der Waals surface area contributed by atoms with Crippen LogP contribution in [0, 0.1) is 6.92 Å². The molecule has 1 aromatic heterocycles. The second-order valence-corrected chi connectivity index (χ2v) is 6.51. The number of benzene rings is 2. The molecular formula is C20H17ClN2O4. The summed E-state index contributed by atoms with van der Waals surface area (Å²) in [6.07, 6.45) is 0. The van der Waals surface area contributed by atoms with Gasteiger partial charge in [0.25, 0.3) is 5.91 Å². The van der Waals surface area contributed by atoms with Gasteiger partial charge in [0.2, 0.25) is 0 Å². The van der Waals surface area contributed by atoms with E-state index < -0.39 is 0 Å². The first-order chi connectivity index (χ1) is 13.1. The van der Waals surface area contributed by atoms with Gasteiger partial charge < -0.3 is 19.3 Å². The van der Waals surface area contributed by atoms with E-state index in [1.165, 1.54) is 0 Å². The Morgan fingerprint density at radius 3 is 2.74 bits per heavy atom. The van der Waals surface area contributed by atoms with Crippen LogP contribution in [-0.2, 0) is 6.54 Å². The Morgan fingerprint density at radius 2 is 1.93 bits per heavy atom. The second kappa shape index (κ2) is 7.32. The molecule has 1 amide bonds. The number of aromatic nitrogens is 1. The summed E-state index contributed by atoms with van der Waals surface area (Å²) < 4.78 is 16.3. The Kier molecular flexibility index (Phi) is 4.73. The van der Waals surface area contributed by atoms with Gasteiger partial charge in [0, 0.05) is 12.1 Å². The zero-order chi connectivity index (χ0) is 18.8. The first-order valence-corrected chi connectivity index (χ1v) is 8.89. The van der Waals surface area contributed by atoms with Crippen molar-refractivity contribution in [2.75, 3.05) is 13.2 Å². The van der Waals surface area contributed by atoms with E-state index in [1.807, 2.05) is 30.3 Å². The lowest BCUT2D eigenvalue weighted by Crippen LogP contribution is -2.24. The number of carbonyl (C=O) groups is 1. The van der Waals surface area contributed by atoms with E-state index in [4.69, 9.17) is 25.6 Å². The maximum atomic E-state index is 12.8. The molecule has 3 aromatic rings. The molecule has 0 saturated heterocycles. The quantitative estimate of drug-likeness (QED) is 0.735. The zero-order valence-electron chi connectivity index (χ0n) is 14.6. The third-order valence-electron chi connectivity index (χ3n) is 4.28. The highest BCUT2D eigenvalue weighted by Gasteiger charge is 2.23. The number of halogens is 1. The molecule has 2 aromatic carbocycles. The van der Waals surface area contributed by atoms with Gasteiger partial charge in [-0.25, -0.2) is 0 Å². The first-order valence-electron chi connectivity index (χ1n) is 8.51. The van der Waals surface area contributed by atoms with E-state index >= 15 is 0 Å². The predicted molar refractivity (Wildman–Crippen MR) is 100 cm³/mol. The second-order valence-electron chi connectivity index (χ2n) is 6.10. The number of carbonyl (C=O) groups excluding carboxylic acids is 1. The summed E-state index contributed by atoms with van der Waals surface area (Å²) in [5.41, 5.74) is 2.36. The summed E-state index contributed by atoms with van der Waals surface area (Å²) in [4.78, 5) is 12.8. The highest BCUT2D eigenvalue weighted by molar-refractivity contribution is 6.33. The third kappa shape index (κ3) is 3.48. The number of nitrogens with zero attached hydrogens (tertiary/aromatic N) is 1. The molecule has 0 aliphatic carbocycles. The highest BCUT2D eigenvalue weighted by Crippen LogP contribution is 2.32. The molecule has 1 aliphatic heterocycles. The van der Waals surface area contributed by atoms with Crippen molar-refractivity contribution in [1.29, 1.82) is 0 Å². The maximum absolute atomic E-state index is 12.8. The molecule has 27 heavy (non-hydrogen) atoms. The van der Waals surface area contributed by atoms with Gasteiger partial charge in [-0.2, -0.15) is 0 Å². The largest absolute Gasteiger partial charge is 0.486 e. The minimum absolute atomic E-state index is 0.279. The van der Waals surface area contributed by atoms with Gasteiger partial charge in [0.05, 0.1) is 5.02 Å². The molecule has 0 unspecified atom stereocenters. The summed E-state index contributed by atoms with van der Waals surface area (Å²) >= 11 is 6.25. The highest BCUT2D eigenvalue weighted by atomic mass is 35.5. The Bertz CT molecular complexity index is 999. The number of ether oxygens (including phenoxy) is 2. The van der Waals surface area contributed by atoms with Crippen LogP contribution in [0.15, 0.2) is 47.0 Å². The van der Waals surface area contributed by atoms with Crippen molar-refractivity contribution in [1.82, 2.24) is 10.5 Å². The summed E-state index contributed by atoms with van der Waals surface area (Å²) in [7, 11) is 0. The average molecular weight is 385 g/mol. The monoisotopic (exact) mass is 384 g/mol. The molecule has 138 valence electrons. The molecule has 0 atom stereocenters. The van der Waals surface area contributed by atoms with Crippen molar-refractivity contribution in [3.05, 3.63) is 64.4 Å². The molecule has 1 N–H and O–H groups in total. The standard InChI is InChI=1S/C20H17ClN2O4/c1-12-18(19(23-27-12)14-4-2-3-5-15(14)21)20(24)22-11-13-6-7-16-17(10-13)26-9-8-25-16/h2-7,10H,8-9,11H2,1H3,(H,22,24). The van der Waals surface area contributed by atoms with E-state index in [-0.39, 0.29) is 5.91 Å². The van der Waals surface area contributed by atoms with Crippen LogP contribution in [0.2, 0.25) is 5.02 Å². The SMILES string of the molecule is Cc1onc(-c2ccccc2Cl)c1C(=O)NCc1ccc2c(c1)OCCO2. The fraction of sp³-hybridized carbons (Fsp3) is 0.200. The Hall–Kier alpha value is -2.99. The molecule has 4 rings (SSSR count). The third-order valence-corrected chi connectivity index (χ3v) is 4.61. The number of nitrogens with one attached hydrogen (secondary N) is 1. The number of fused-ring (bicyclic) bond motifs is 1.